The van der Waals surface area contributed by atoms with Crippen molar-refractivity contribution in [1.82, 2.24) is 9.78 Å². The molecule has 1 aromatic heterocycles. The molecule has 0 N–H and O–H groups in total. The van der Waals surface area contributed by atoms with Crippen LogP contribution in [0, 0.1) is 6.92 Å². The molecule has 0 spiro atoms. The summed E-state index contributed by atoms with van der Waals surface area (Å²) in [7, 11) is 0. The summed E-state index contributed by atoms with van der Waals surface area (Å²) in [6, 6.07) is 0. The second-order valence-electron chi connectivity index (χ2n) is 3.94. The van der Waals surface area contributed by atoms with Crippen LogP contribution in [0.4, 0.5) is 0 Å². The van der Waals surface area contributed by atoms with Gasteiger partial charge in [0.05, 0.1) is 11.8 Å². The summed E-state index contributed by atoms with van der Waals surface area (Å²) in [5, 5.41) is 4.19. The Morgan fingerprint density at radius 1 is 1.33 bits per heavy atom. The first-order valence-electron chi connectivity index (χ1n) is 5.77. The molecule has 0 aliphatic heterocycles. The average molecular weight is 208 g/mol. The topological polar surface area (TPSA) is 34.9 Å². The summed E-state index contributed by atoms with van der Waals surface area (Å²) >= 11 is 0. The van der Waals surface area contributed by atoms with Crippen molar-refractivity contribution in [2.75, 3.05) is 0 Å². The zero-order chi connectivity index (χ0) is 11.1. The molecule has 1 heterocycles. The Morgan fingerprint density at radius 3 is 2.67 bits per heavy atom. The number of aryl methyl sites for hydroxylation is 1. The Morgan fingerprint density at radius 2 is 2.07 bits per heavy atom. The zero-order valence-electron chi connectivity index (χ0n) is 9.70. The van der Waals surface area contributed by atoms with Crippen LogP contribution in [0.5, 0.6) is 0 Å². The van der Waals surface area contributed by atoms with Crippen LogP contribution in [0.15, 0.2) is 6.20 Å². The van der Waals surface area contributed by atoms with Gasteiger partial charge in [-0.1, -0.05) is 32.6 Å². The van der Waals surface area contributed by atoms with Crippen LogP contribution in [0.2, 0.25) is 0 Å². The number of aldehydes is 1. The van der Waals surface area contributed by atoms with Gasteiger partial charge in [-0.2, -0.15) is 5.10 Å². The number of nitrogens with zero attached hydrogens (tertiary/aromatic N) is 2. The van der Waals surface area contributed by atoms with Gasteiger partial charge in [-0.25, -0.2) is 0 Å². The van der Waals surface area contributed by atoms with E-state index in [2.05, 4.69) is 12.0 Å². The largest absolute Gasteiger partial charge is 0.298 e. The van der Waals surface area contributed by atoms with Crippen LogP contribution in [0.3, 0.4) is 0 Å². The van der Waals surface area contributed by atoms with E-state index in [1.165, 1.54) is 25.7 Å². The maximum atomic E-state index is 10.6. The number of aromatic nitrogens is 2. The summed E-state index contributed by atoms with van der Waals surface area (Å²) in [5.74, 6) is 0. The minimum Gasteiger partial charge on any atom is -0.298 e. The third-order valence-electron chi connectivity index (χ3n) is 2.74. The van der Waals surface area contributed by atoms with Crippen molar-refractivity contribution in [2.45, 2.75) is 52.5 Å². The van der Waals surface area contributed by atoms with Crippen molar-refractivity contribution in [3.05, 3.63) is 17.5 Å². The molecular formula is C12H20N2O. The summed E-state index contributed by atoms with van der Waals surface area (Å²) in [6.45, 7) is 5.10. The van der Waals surface area contributed by atoms with Crippen molar-refractivity contribution < 1.29 is 4.79 Å². The normalized spacial score (nSPS) is 10.5. The Balaban J connectivity index is 2.31. The van der Waals surface area contributed by atoms with E-state index in [0.29, 0.717) is 5.56 Å². The maximum Gasteiger partial charge on any atom is 0.153 e. The van der Waals surface area contributed by atoms with Crippen molar-refractivity contribution in [3.63, 3.8) is 0 Å². The van der Waals surface area contributed by atoms with Crippen LogP contribution in [0.25, 0.3) is 0 Å². The SMILES string of the molecule is CCCCCCCn1ncc(C=O)c1C. The van der Waals surface area contributed by atoms with E-state index < -0.39 is 0 Å². The molecule has 0 aliphatic rings. The van der Waals surface area contributed by atoms with Crippen LogP contribution >= 0.6 is 0 Å². The Kier molecular flexibility index (Phi) is 5.08. The summed E-state index contributed by atoms with van der Waals surface area (Å²) in [4.78, 5) is 10.6. The highest BCUT2D eigenvalue weighted by molar-refractivity contribution is 5.75. The average Bonchev–Trinajstić information content (AvgIpc) is 2.60. The van der Waals surface area contributed by atoms with Gasteiger partial charge >= 0.3 is 0 Å². The second kappa shape index (κ2) is 6.38. The third kappa shape index (κ3) is 3.50. The Hall–Kier alpha value is -1.12. The molecule has 0 bridgehead atoms. The van der Waals surface area contributed by atoms with Crippen molar-refractivity contribution in [3.8, 4) is 0 Å². The number of rotatable bonds is 7. The third-order valence-corrected chi connectivity index (χ3v) is 2.74. The van der Waals surface area contributed by atoms with Gasteiger partial charge in [-0.15, -0.1) is 0 Å². The fourth-order valence-electron chi connectivity index (χ4n) is 1.67. The molecule has 1 rings (SSSR count). The van der Waals surface area contributed by atoms with Crippen LogP contribution in [-0.4, -0.2) is 16.1 Å². The van der Waals surface area contributed by atoms with E-state index in [-0.39, 0.29) is 0 Å². The van der Waals surface area contributed by atoms with E-state index in [4.69, 9.17) is 0 Å². The first-order chi connectivity index (χ1) is 7.29. The highest BCUT2D eigenvalue weighted by Gasteiger charge is 2.03. The molecule has 3 heteroatoms. The van der Waals surface area contributed by atoms with Crippen molar-refractivity contribution in [2.24, 2.45) is 0 Å². The lowest BCUT2D eigenvalue weighted by Crippen LogP contribution is -2.02. The molecule has 0 amide bonds. The molecule has 1 aromatic rings. The lowest BCUT2D eigenvalue weighted by molar-refractivity contribution is 0.112. The molecule has 0 unspecified atom stereocenters. The Bertz CT molecular complexity index is 305. The number of hydrogen-bond acceptors (Lipinski definition) is 2. The van der Waals surface area contributed by atoms with E-state index >= 15 is 0 Å². The molecule has 0 saturated heterocycles. The highest BCUT2D eigenvalue weighted by atomic mass is 16.1. The van der Waals surface area contributed by atoms with Gasteiger partial charge in [0.1, 0.15) is 0 Å². The molecule has 84 valence electrons. The first kappa shape index (κ1) is 12.0. The van der Waals surface area contributed by atoms with Gasteiger partial charge in [-0.3, -0.25) is 9.48 Å². The van der Waals surface area contributed by atoms with Gasteiger partial charge in [0.25, 0.3) is 0 Å². The minimum absolute atomic E-state index is 0.712. The van der Waals surface area contributed by atoms with Crippen LogP contribution in [-0.2, 0) is 6.54 Å². The van der Waals surface area contributed by atoms with Crippen LogP contribution < -0.4 is 0 Å². The van der Waals surface area contributed by atoms with Gasteiger partial charge < -0.3 is 0 Å². The molecule has 3 nitrogen and oxygen atoms in total. The summed E-state index contributed by atoms with van der Waals surface area (Å²) in [6.07, 6.45) is 8.82. The van der Waals surface area contributed by atoms with E-state index in [0.717, 1.165) is 24.9 Å². The molecule has 0 atom stereocenters. The lowest BCUT2D eigenvalue weighted by atomic mass is 10.1. The predicted molar refractivity (Wildman–Crippen MR) is 61.1 cm³/mol. The van der Waals surface area contributed by atoms with Gasteiger partial charge in [0, 0.05) is 12.2 Å². The zero-order valence-corrected chi connectivity index (χ0v) is 9.70. The molecule has 15 heavy (non-hydrogen) atoms. The van der Waals surface area contributed by atoms with Gasteiger partial charge in [0.15, 0.2) is 6.29 Å². The first-order valence-corrected chi connectivity index (χ1v) is 5.77. The number of carbonyl (C=O) groups excluding carboxylic acids is 1. The van der Waals surface area contributed by atoms with E-state index in [9.17, 15) is 4.79 Å². The summed E-state index contributed by atoms with van der Waals surface area (Å²) in [5.41, 5.74) is 1.70. The molecule has 0 radical (unpaired) electrons. The van der Waals surface area contributed by atoms with Crippen molar-refractivity contribution in [1.29, 1.82) is 0 Å². The van der Waals surface area contributed by atoms with Gasteiger partial charge in [0.2, 0.25) is 0 Å². The Labute approximate surface area is 91.5 Å². The standard InChI is InChI=1S/C12H20N2O/c1-3-4-5-6-7-8-14-11(2)12(10-15)9-13-14/h9-10H,3-8H2,1-2H3. The minimum atomic E-state index is 0.712. The van der Waals surface area contributed by atoms with E-state index in [1.54, 1.807) is 6.20 Å². The quantitative estimate of drug-likeness (QED) is 0.510. The lowest BCUT2D eigenvalue weighted by Gasteiger charge is -2.04. The summed E-state index contributed by atoms with van der Waals surface area (Å²) < 4.78 is 1.93. The second-order valence-corrected chi connectivity index (χ2v) is 3.94. The van der Waals surface area contributed by atoms with Crippen LogP contribution in [0.1, 0.15) is 55.1 Å². The molecule has 0 fully saturated rings. The predicted octanol–water partition coefficient (Wildman–Crippen LogP) is 2.97. The fraction of sp³-hybridized carbons (Fsp3) is 0.667. The molecule has 0 aromatic carbocycles. The molecule has 0 aliphatic carbocycles. The van der Waals surface area contributed by atoms with E-state index in [1.807, 2.05) is 11.6 Å². The monoisotopic (exact) mass is 208 g/mol. The molecular weight excluding hydrogens is 188 g/mol. The van der Waals surface area contributed by atoms with Crippen molar-refractivity contribution >= 4 is 6.29 Å². The maximum absolute atomic E-state index is 10.6. The molecule has 0 saturated carbocycles. The fourth-order valence-corrected chi connectivity index (χ4v) is 1.67. The smallest absolute Gasteiger partial charge is 0.153 e. The van der Waals surface area contributed by atoms with Gasteiger partial charge in [-0.05, 0) is 13.3 Å². The number of carbonyl (C=O) groups is 1. The highest BCUT2D eigenvalue weighted by Crippen LogP contribution is 2.08. The number of unbranched alkanes of at least 4 members (excludes halogenated alkanes) is 4. The number of hydrogen-bond donors (Lipinski definition) is 0.